The Morgan fingerprint density at radius 2 is 2.32 bits per heavy atom. The van der Waals surface area contributed by atoms with Crippen LogP contribution in [0.3, 0.4) is 0 Å². The van der Waals surface area contributed by atoms with E-state index in [1.165, 1.54) is 30.6 Å². The molecule has 0 amide bonds. The molecule has 1 N–H and O–H groups in total. The number of nitrogens with zero attached hydrogens (tertiary/aromatic N) is 3. The van der Waals surface area contributed by atoms with Crippen LogP contribution < -0.4 is 5.32 Å². The van der Waals surface area contributed by atoms with Crippen LogP contribution in [0.5, 0.6) is 0 Å². The Morgan fingerprint density at radius 3 is 3.00 bits per heavy atom. The topological polar surface area (TPSA) is 42.7 Å². The van der Waals surface area contributed by atoms with Gasteiger partial charge in [-0.25, -0.2) is 0 Å². The molecule has 1 atom stereocenters. The molecular formula is C14H20N4S. The maximum atomic E-state index is 4.00. The molecule has 4 nitrogen and oxygen atoms in total. The molecule has 0 saturated heterocycles. The summed E-state index contributed by atoms with van der Waals surface area (Å²) in [6.07, 6.45) is 9.14. The average Bonchev–Trinajstić information content (AvgIpc) is 3.15. The van der Waals surface area contributed by atoms with Crippen LogP contribution in [0.15, 0.2) is 29.9 Å². The summed E-state index contributed by atoms with van der Waals surface area (Å²) in [6.45, 7) is 1.83. The SMILES string of the molecule is c1csc(C(NCCn2ccnn2)C2CCCC2)c1. The van der Waals surface area contributed by atoms with Gasteiger partial charge >= 0.3 is 0 Å². The summed E-state index contributed by atoms with van der Waals surface area (Å²) in [6, 6.07) is 4.93. The van der Waals surface area contributed by atoms with Gasteiger partial charge in [-0.3, -0.25) is 4.68 Å². The van der Waals surface area contributed by atoms with Gasteiger partial charge in [0.25, 0.3) is 0 Å². The molecule has 0 aromatic carbocycles. The van der Waals surface area contributed by atoms with E-state index >= 15 is 0 Å². The summed E-state index contributed by atoms with van der Waals surface area (Å²) in [7, 11) is 0. The molecule has 0 aliphatic heterocycles. The summed E-state index contributed by atoms with van der Waals surface area (Å²) in [4.78, 5) is 1.48. The Labute approximate surface area is 117 Å². The molecule has 0 bridgehead atoms. The lowest BCUT2D eigenvalue weighted by molar-refractivity contribution is 0.362. The number of hydrogen-bond donors (Lipinski definition) is 1. The van der Waals surface area contributed by atoms with Crippen LogP contribution >= 0.6 is 11.3 Å². The third kappa shape index (κ3) is 3.22. The Balaban J connectivity index is 1.59. The van der Waals surface area contributed by atoms with E-state index in [4.69, 9.17) is 0 Å². The molecule has 1 aliphatic rings. The van der Waals surface area contributed by atoms with Gasteiger partial charge in [-0.2, -0.15) is 0 Å². The fourth-order valence-electron chi connectivity index (χ4n) is 2.95. The predicted octanol–water partition coefficient (Wildman–Crippen LogP) is 2.86. The molecule has 3 rings (SSSR count). The van der Waals surface area contributed by atoms with Gasteiger partial charge < -0.3 is 5.32 Å². The maximum absolute atomic E-state index is 4.00. The molecule has 19 heavy (non-hydrogen) atoms. The minimum atomic E-state index is 0.519. The highest BCUT2D eigenvalue weighted by atomic mass is 32.1. The van der Waals surface area contributed by atoms with E-state index in [2.05, 4.69) is 33.1 Å². The van der Waals surface area contributed by atoms with Gasteiger partial charge in [-0.1, -0.05) is 24.1 Å². The first-order valence-electron chi connectivity index (χ1n) is 7.04. The molecule has 1 saturated carbocycles. The third-order valence-corrected chi connectivity index (χ3v) is 4.85. The molecule has 1 aliphatic carbocycles. The molecule has 2 aromatic heterocycles. The summed E-state index contributed by atoms with van der Waals surface area (Å²) in [5, 5.41) is 13.7. The zero-order valence-electron chi connectivity index (χ0n) is 11.0. The van der Waals surface area contributed by atoms with Gasteiger partial charge in [-0.05, 0) is 30.2 Å². The Kier molecular flexibility index (Phi) is 4.25. The van der Waals surface area contributed by atoms with Gasteiger partial charge in [0.1, 0.15) is 0 Å². The molecule has 0 spiro atoms. The highest BCUT2D eigenvalue weighted by Crippen LogP contribution is 2.37. The molecule has 1 unspecified atom stereocenters. The summed E-state index contributed by atoms with van der Waals surface area (Å²) >= 11 is 1.87. The van der Waals surface area contributed by atoms with Gasteiger partial charge in [0.05, 0.1) is 12.7 Å². The summed E-state index contributed by atoms with van der Waals surface area (Å²) in [5.74, 6) is 0.800. The number of nitrogens with one attached hydrogen (secondary N) is 1. The second-order valence-corrected chi connectivity index (χ2v) is 6.14. The van der Waals surface area contributed by atoms with Crippen molar-refractivity contribution in [1.29, 1.82) is 0 Å². The van der Waals surface area contributed by atoms with Crippen molar-refractivity contribution in [2.24, 2.45) is 5.92 Å². The molecule has 2 heterocycles. The van der Waals surface area contributed by atoms with Gasteiger partial charge in [0, 0.05) is 23.7 Å². The smallest absolute Gasteiger partial charge is 0.0692 e. The van der Waals surface area contributed by atoms with Crippen LogP contribution in [0.25, 0.3) is 0 Å². The largest absolute Gasteiger partial charge is 0.307 e. The molecular weight excluding hydrogens is 256 g/mol. The zero-order chi connectivity index (χ0) is 12.9. The first kappa shape index (κ1) is 12.8. The number of rotatable bonds is 6. The molecule has 102 valence electrons. The standard InChI is InChI=1S/C14H20N4S/c1-2-5-12(4-1)14(13-6-3-11-19-13)15-7-9-18-10-8-16-17-18/h3,6,8,10-12,14-15H,1-2,4-5,7,9H2. The quantitative estimate of drug-likeness (QED) is 0.882. The van der Waals surface area contributed by atoms with E-state index in [1.807, 2.05) is 22.2 Å². The highest BCUT2D eigenvalue weighted by molar-refractivity contribution is 7.10. The number of hydrogen-bond acceptors (Lipinski definition) is 4. The predicted molar refractivity (Wildman–Crippen MR) is 77.0 cm³/mol. The molecule has 1 fully saturated rings. The van der Waals surface area contributed by atoms with E-state index in [0.29, 0.717) is 6.04 Å². The van der Waals surface area contributed by atoms with Crippen molar-refractivity contribution >= 4 is 11.3 Å². The minimum Gasteiger partial charge on any atom is -0.307 e. The van der Waals surface area contributed by atoms with Crippen LogP contribution in [-0.2, 0) is 6.54 Å². The van der Waals surface area contributed by atoms with Crippen molar-refractivity contribution in [3.8, 4) is 0 Å². The molecule has 2 aromatic rings. The first-order valence-corrected chi connectivity index (χ1v) is 7.92. The van der Waals surface area contributed by atoms with E-state index < -0.39 is 0 Å². The zero-order valence-corrected chi connectivity index (χ0v) is 11.9. The maximum Gasteiger partial charge on any atom is 0.0692 e. The van der Waals surface area contributed by atoms with Crippen molar-refractivity contribution in [3.63, 3.8) is 0 Å². The lowest BCUT2D eigenvalue weighted by Crippen LogP contribution is -2.29. The lowest BCUT2D eigenvalue weighted by Gasteiger charge is -2.23. The van der Waals surface area contributed by atoms with Crippen LogP contribution in [-0.4, -0.2) is 21.5 Å². The van der Waals surface area contributed by atoms with Crippen molar-refractivity contribution < 1.29 is 0 Å². The van der Waals surface area contributed by atoms with Gasteiger partial charge in [-0.15, -0.1) is 16.4 Å². The third-order valence-electron chi connectivity index (χ3n) is 3.90. The second kappa shape index (κ2) is 6.30. The van der Waals surface area contributed by atoms with E-state index in [9.17, 15) is 0 Å². The Morgan fingerprint density at radius 1 is 1.42 bits per heavy atom. The van der Waals surface area contributed by atoms with E-state index in [0.717, 1.165) is 19.0 Å². The van der Waals surface area contributed by atoms with Gasteiger partial charge in [0.2, 0.25) is 0 Å². The lowest BCUT2D eigenvalue weighted by atomic mass is 9.97. The van der Waals surface area contributed by atoms with Crippen LogP contribution in [0.4, 0.5) is 0 Å². The fourth-order valence-corrected chi connectivity index (χ4v) is 3.84. The molecule has 5 heteroatoms. The van der Waals surface area contributed by atoms with Crippen molar-refractivity contribution in [3.05, 3.63) is 34.8 Å². The van der Waals surface area contributed by atoms with Crippen LogP contribution in [0.2, 0.25) is 0 Å². The second-order valence-electron chi connectivity index (χ2n) is 5.16. The fraction of sp³-hybridized carbons (Fsp3) is 0.571. The Bertz CT molecular complexity index is 460. The summed E-state index contributed by atoms with van der Waals surface area (Å²) < 4.78 is 1.88. The number of thiophene rings is 1. The number of aromatic nitrogens is 3. The minimum absolute atomic E-state index is 0.519. The molecule has 0 radical (unpaired) electrons. The van der Waals surface area contributed by atoms with Crippen LogP contribution in [0, 0.1) is 5.92 Å². The first-order chi connectivity index (χ1) is 9.43. The monoisotopic (exact) mass is 276 g/mol. The summed E-state index contributed by atoms with van der Waals surface area (Å²) in [5.41, 5.74) is 0. The van der Waals surface area contributed by atoms with E-state index in [-0.39, 0.29) is 0 Å². The van der Waals surface area contributed by atoms with Gasteiger partial charge in [0.15, 0.2) is 0 Å². The van der Waals surface area contributed by atoms with Crippen molar-refractivity contribution in [2.45, 2.75) is 38.3 Å². The van der Waals surface area contributed by atoms with Crippen molar-refractivity contribution in [2.75, 3.05) is 6.54 Å². The highest BCUT2D eigenvalue weighted by Gasteiger charge is 2.26. The van der Waals surface area contributed by atoms with Crippen LogP contribution in [0.1, 0.15) is 36.6 Å². The van der Waals surface area contributed by atoms with E-state index in [1.54, 1.807) is 6.20 Å². The normalized spacial score (nSPS) is 17.9. The average molecular weight is 276 g/mol. The van der Waals surface area contributed by atoms with Crippen molar-refractivity contribution in [1.82, 2.24) is 20.3 Å². The Hall–Kier alpha value is -1.20.